The average Bonchev–Trinajstić information content (AvgIpc) is 2.77. The number of nitrogens with one attached hydrogen (secondary N) is 2. The minimum Gasteiger partial charge on any atom is -0.480 e. The van der Waals surface area contributed by atoms with Crippen LogP contribution < -0.4 is 16.4 Å². The molecule has 2 atom stereocenters. The summed E-state index contributed by atoms with van der Waals surface area (Å²) in [6.45, 7) is 4.71. The second kappa shape index (κ2) is 22.2. The van der Waals surface area contributed by atoms with Gasteiger partial charge in [-0.05, 0) is 26.3 Å². The number of hydrogen-bond donors (Lipinski definition) is 4. The van der Waals surface area contributed by atoms with Crippen LogP contribution in [0.1, 0.15) is 129 Å². The van der Waals surface area contributed by atoms with Crippen molar-refractivity contribution in [3.8, 4) is 0 Å². The summed E-state index contributed by atoms with van der Waals surface area (Å²) in [4.78, 5) is 34.2. The summed E-state index contributed by atoms with van der Waals surface area (Å²) in [5.41, 5.74) is 5.05. The number of hydrogen-bond acceptors (Lipinski definition) is 4. The van der Waals surface area contributed by atoms with Gasteiger partial charge in [0.05, 0.1) is 6.04 Å². The maximum Gasteiger partial charge on any atom is 0.326 e. The summed E-state index contributed by atoms with van der Waals surface area (Å²) in [6.07, 6.45) is 21.1. The lowest BCUT2D eigenvalue weighted by molar-refractivity contribution is -0.142. The number of unbranched alkanes of at least 4 members (excludes halogenated alkanes) is 15. The van der Waals surface area contributed by atoms with Gasteiger partial charge in [0, 0.05) is 6.42 Å². The first-order valence-electron chi connectivity index (χ1n) is 13.4. The van der Waals surface area contributed by atoms with Gasteiger partial charge < -0.3 is 21.5 Å². The van der Waals surface area contributed by atoms with Crippen molar-refractivity contribution in [3.05, 3.63) is 0 Å². The summed E-state index contributed by atoms with van der Waals surface area (Å²) in [7, 11) is 0. The van der Waals surface area contributed by atoms with Crippen molar-refractivity contribution in [2.75, 3.05) is 6.54 Å². The molecule has 33 heavy (non-hydrogen) atoms. The van der Waals surface area contributed by atoms with E-state index in [0.717, 1.165) is 19.4 Å². The predicted octanol–water partition coefficient (Wildman–Crippen LogP) is 5.06. The fourth-order valence-electron chi connectivity index (χ4n) is 3.93. The molecule has 0 saturated heterocycles. The highest BCUT2D eigenvalue weighted by molar-refractivity contribution is 5.87. The van der Waals surface area contributed by atoms with E-state index in [1.54, 1.807) is 6.92 Å². The molecule has 0 aromatic rings. The molecule has 0 rings (SSSR count). The number of carbonyl (C=O) groups excluding carboxylic acids is 2. The topological polar surface area (TPSA) is 122 Å². The Kier molecular flexibility index (Phi) is 21.1. The zero-order valence-electron chi connectivity index (χ0n) is 21.3. The van der Waals surface area contributed by atoms with Gasteiger partial charge in [-0.25, -0.2) is 4.79 Å². The van der Waals surface area contributed by atoms with Crippen molar-refractivity contribution in [2.24, 2.45) is 5.73 Å². The maximum absolute atomic E-state index is 12.2. The largest absolute Gasteiger partial charge is 0.480 e. The Balaban J connectivity index is 3.53. The number of nitrogens with two attached hydrogens (primary N) is 1. The van der Waals surface area contributed by atoms with Crippen molar-refractivity contribution in [1.82, 2.24) is 10.6 Å². The molecule has 7 heteroatoms. The molecule has 0 spiro atoms. The van der Waals surface area contributed by atoms with E-state index in [1.165, 1.54) is 89.9 Å². The summed E-state index contributed by atoms with van der Waals surface area (Å²) in [6, 6.07) is -1.57. The molecule has 194 valence electrons. The van der Waals surface area contributed by atoms with Gasteiger partial charge in [0.1, 0.15) is 6.04 Å². The maximum atomic E-state index is 12.2. The van der Waals surface area contributed by atoms with Crippen molar-refractivity contribution >= 4 is 17.8 Å². The van der Waals surface area contributed by atoms with Crippen molar-refractivity contribution in [1.29, 1.82) is 0 Å². The highest BCUT2D eigenvalue weighted by atomic mass is 16.4. The minimum atomic E-state index is -1.16. The molecule has 0 aliphatic heterocycles. The Morgan fingerprint density at radius 1 is 0.758 bits per heavy atom. The van der Waals surface area contributed by atoms with Gasteiger partial charge >= 0.3 is 5.97 Å². The van der Waals surface area contributed by atoms with Crippen LogP contribution in [0.4, 0.5) is 0 Å². The van der Waals surface area contributed by atoms with Crippen LogP contribution in [0.15, 0.2) is 0 Å². The molecule has 5 N–H and O–H groups in total. The van der Waals surface area contributed by atoms with E-state index in [9.17, 15) is 14.4 Å². The number of carbonyl (C=O) groups is 3. The number of carboxylic acid groups (broad SMARTS) is 1. The van der Waals surface area contributed by atoms with Crippen LogP contribution in [0, 0.1) is 0 Å². The monoisotopic (exact) mass is 469 g/mol. The molecular weight excluding hydrogens is 418 g/mol. The van der Waals surface area contributed by atoms with Crippen LogP contribution in [-0.2, 0) is 14.4 Å². The van der Waals surface area contributed by atoms with Crippen LogP contribution in [0.3, 0.4) is 0 Å². The molecular formula is C26H51N3O4. The quantitative estimate of drug-likeness (QED) is 0.147. The molecule has 0 aromatic carbocycles. The van der Waals surface area contributed by atoms with Gasteiger partial charge in [-0.2, -0.15) is 0 Å². The molecule has 0 saturated carbocycles. The molecule has 0 aromatic heterocycles. The van der Waals surface area contributed by atoms with Crippen LogP contribution in [-0.4, -0.2) is 41.5 Å². The number of carboxylic acids is 1. The lowest BCUT2D eigenvalue weighted by atomic mass is 10.0. The molecule has 0 bridgehead atoms. The SMILES string of the molecule is CCCCCCCCCCCCCCCCCCN[C@@H](C)C(=O)N[C@H](CCC(N)=O)C(=O)O. The number of aliphatic carboxylic acids is 1. The molecule has 0 fully saturated rings. The van der Waals surface area contributed by atoms with E-state index in [0.29, 0.717) is 0 Å². The number of primary amides is 1. The molecule has 0 aliphatic rings. The van der Waals surface area contributed by atoms with Gasteiger partial charge in [0.2, 0.25) is 11.8 Å². The Hall–Kier alpha value is -1.63. The highest BCUT2D eigenvalue weighted by Gasteiger charge is 2.23. The Labute approximate surface area is 202 Å². The van der Waals surface area contributed by atoms with Crippen molar-refractivity contribution in [2.45, 2.75) is 142 Å². The van der Waals surface area contributed by atoms with Crippen LogP contribution in [0.25, 0.3) is 0 Å². The first-order valence-corrected chi connectivity index (χ1v) is 13.4. The standard InChI is InChI=1S/C26H51N3O4/c1-3-4-5-6-7-8-9-10-11-12-13-14-15-16-17-18-21-28-22(2)25(31)29-23(26(32)33)19-20-24(27)30/h22-23,28H,3-21H2,1-2H3,(H2,27,30)(H,29,31)(H,32,33)/t22-,23+/m0/s1. The van der Waals surface area contributed by atoms with E-state index in [-0.39, 0.29) is 18.7 Å². The van der Waals surface area contributed by atoms with E-state index in [2.05, 4.69) is 17.6 Å². The normalized spacial score (nSPS) is 12.9. The second-order valence-corrected chi connectivity index (χ2v) is 9.38. The van der Waals surface area contributed by atoms with E-state index in [4.69, 9.17) is 10.8 Å². The molecule has 0 radical (unpaired) electrons. The van der Waals surface area contributed by atoms with Gasteiger partial charge in [0.15, 0.2) is 0 Å². The third-order valence-corrected chi connectivity index (χ3v) is 6.17. The zero-order valence-corrected chi connectivity index (χ0v) is 21.3. The lowest BCUT2D eigenvalue weighted by Crippen LogP contribution is -2.49. The summed E-state index contributed by atoms with van der Waals surface area (Å²) in [5.74, 6) is -2.11. The molecule has 0 heterocycles. The first-order chi connectivity index (χ1) is 15.9. The van der Waals surface area contributed by atoms with Gasteiger partial charge in [-0.3, -0.25) is 9.59 Å². The van der Waals surface area contributed by atoms with E-state index < -0.39 is 24.0 Å². The summed E-state index contributed by atoms with van der Waals surface area (Å²) < 4.78 is 0. The molecule has 7 nitrogen and oxygen atoms in total. The van der Waals surface area contributed by atoms with Crippen molar-refractivity contribution < 1.29 is 19.5 Å². The lowest BCUT2D eigenvalue weighted by Gasteiger charge is -2.18. The second-order valence-electron chi connectivity index (χ2n) is 9.38. The minimum absolute atomic E-state index is 0.00223. The Morgan fingerprint density at radius 2 is 1.18 bits per heavy atom. The van der Waals surface area contributed by atoms with Crippen LogP contribution in [0.5, 0.6) is 0 Å². The van der Waals surface area contributed by atoms with Gasteiger partial charge in [-0.1, -0.05) is 103 Å². The van der Waals surface area contributed by atoms with Crippen LogP contribution in [0.2, 0.25) is 0 Å². The Morgan fingerprint density at radius 3 is 1.58 bits per heavy atom. The first kappa shape index (κ1) is 31.4. The molecule has 0 aliphatic carbocycles. The average molecular weight is 470 g/mol. The number of amides is 2. The van der Waals surface area contributed by atoms with Crippen LogP contribution >= 0.6 is 0 Å². The molecule has 2 amide bonds. The molecule has 0 unspecified atom stereocenters. The van der Waals surface area contributed by atoms with Crippen molar-refractivity contribution in [3.63, 3.8) is 0 Å². The smallest absolute Gasteiger partial charge is 0.326 e. The fraction of sp³-hybridized carbons (Fsp3) is 0.885. The summed E-state index contributed by atoms with van der Waals surface area (Å²) >= 11 is 0. The fourth-order valence-corrected chi connectivity index (χ4v) is 3.93. The van der Waals surface area contributed by atoms with Gasteiger partial charge in [0.25, 0.3) is 0 Å². The van der Waals surface area contributed by atoms with Gasteiger partial charge in [-0.15, -0.1) is 0 Å². The predicted molar refractivity (Wildman–Crippen MR) is 135 cm³/mol. The number of rotatable bonds is 24. The van der Waals surface area contributed by atoms with E-state index >= 15 is 0 Å². The Bertz CT molecular complexity index is 514. The summed E-state index contributed by atoms with van der Waals surface area (Å²) in [5, 5.41) is 14.8. The zero-order chi connectivity index (χ0) is 24.7. The van der Waals surface area contributed by atoms with E-state index in [1.807, 2.05) is 0 Å². The third kappa shape index (κ3) is 20.7. The third-order valence-electron chi connectivity index (χ3n) is 6.17. The highest BCUT2D eigenvalue weighted by Crippen LogP contribution is 2.13.